The van der Waals surface area contributed by atoms with E-state index < -0.39 is 0 Å². The minimum Gasteiger partial charge on any atom is -0.378 e. The minimum atomic E-state index is 0.639. The molecule has 2 aliphatic heterocycles. The van der Waals surface area contributed by atoms with Crippen LogP contribution >= 0.6 is 0 Å². The Hall–Kier alpha value is -0.120. The number of hydrogen-bond acceptors (Lipinski definition) is 3. The molecule has 2 aliphatic rings. The molecule has 0 aromatic carbocycles. The summed E-state index contributed by atoms with van der Waals surface area (Å²) in [5, 5.41) is 6.95. The highest BCUT2D eigenvalue weighted by molar-refractivity contribution is 4.82. The van der Waals surface area contributed by atoms with Gasteiger partial charge in [-0.15, -0.1) is 0 Å². The van der Waals surface area contributed by atoms with E-state index in [2.05, 4.69) is 10.6 Å². The van der Waals surface area contributed by atoms with Crippen LogP contribution in [0.15, 0.2) is 0 Å². The molecule has 2 rings (SSSR count). The molecule has 0 aromatic rings. The van der Waals surface area contributed by atoms with Crippen LogP contribution in [0.5, 0.6) is 0 Å². The van der Waals surface area contributed by atoms with Gasteiger partial charge in [-0.25, -0.2) is 0 Å². The molecule has 2 saturated heterocycles. The molecule has 2 heterocycles. The molecule has 0 radical (unpaired) electrons. The Morgan fingerprint density at radius 2 is 2.18 bits per heavy atom. The lowest BCUT2D eigenvalue weighted by Gasteiger charge is -2.33. The second kappa shape index (κ2) is 3.52. The van der Waals surface area contributed by atoms with Crippen molar-refractivity contribution in [2.45, 2.75) is 24.9 Å². The molecule has 0 spiro atoms. The second-order valence-corrected chi connectivity index (χ2v) is 3.44. The topological polar surface area (TPSA) is 33.3 Å². The fraction of sp³-hybridized carbons (Fsp3) is 1.00. The van der Waals surface area contributed by atoms with Crippen LogP contribution in [0.3, 0.4) is 0 Å². The van der Waals surface area contributed by atoms with Gasteiger partial charge in [0, 0.05) is 12.6 Å². The van der Waals surface area contributed by atoms with Crippen molar-refractivity contribution in [2.75, 3.05) is 26.3 Å². The maximum Gasteiger partial charge on any atom is 0.0643 e. The minimum absolute atomic E-state index is 0.639. The second-order valence-electron chi connectivity index (χ2n) is 3.44. The van der Waals surface area contributed by atoms with Gasteiger partial charge in [0.15, 0.2) is 0 Å². The lowest BCUT2D eigenvalue weighted by molar-refractivity contribution is -0.0111. The smallest absolute Gasteiger partial charge is 0.0643 e. The van der Waals surface area contributed by atoms with Gasteiger partial charge in [0.1, 0.15) is 0 Å². The standard InChI is InChI=1S/C8H16N2O/c1-2-7(4-9-3-1)10-8-5-11-6-8/h7-10H,1-6H2. The molecule has 0 amide bonds. The highest BCUT2D eigenvalue weighted by Crippen LogP contribution is 2.06. The van der Waals surface area contributed by atoms with Crippen LogP contribution in [0.4, 0.5) is 0 Å². The summed E-state index contributed by atoms with van der Waals surface area (Å²) >= 11 is 0. The van der Waals surface area contributed by atoms with E-state index in [1.807, 2.05) is 0 Å². The van der Waals surface area contributed by atoms with Gasteiger partial charge in [-0.2, -0.15) is 0 Å². The SMILES string of the molecule is C1CNCC(NC2COC2)C1. The van der Waals surface area contributed by atoms with Crippen LogP contribution in [-0.4, -0.2) is 38.4 Å². The van der Waals surface area contributed by atoms with Gasteiger partial charge in [-0.05, 0) is 19.4 Å². The van der Waals surface area contributed by atoms with Crippen molar-refractivity contribution in [1.82, 2.24) is 10.6 Å². The number of nitrogens with one attached hydrogen (secondary N) is 2. The predicted octanol–water partition coefficient (Wildman–Crippen LogP) is -0.273. The number of ether oxygens (including phenoxy) is 1. The summed E-state index contributed by atoms with van der Waals surface area (Å²) in [6.07, 6.45) is 2.63. The lowest BCUT2D eigenvalue weighted by Crippen LogP contribution is -2.54. The van der Waals surface area contributed by atoms with E-state index >= 15 is 0 Å². The van der Waals surface area contributed by atoms with Gasteiger partial charge in [0.2, 0.25) is 0 Å². The summed E-state index contributed by atoms with van der Waals surface area (Å²) in [4.78, 5) is 0. The zero-order chi connectivity index (χ0) is 7.52. The molecule has 0 saturated carbocycles. The van der Waals surface area contributed by atoms with Gasteiger partial charge < -0.3 is 15.4 Å². The Kier molecular flexibility index (Phi) is 2.41. The molecule has 2 fully saturated rings. The zero-order valence-electron chi connectivity index (χ0n) is 6.81. The Labute approximate surface area is 67.5 Å². The Morgan fingerprint density at radius 1 is 1.27 bits per heavy atom. The van der Waals surface area contributed by atoms with Crippen LogP contribution in [0, 0.1) is 0 Å². The van der Waals surface area contributed by atoms with Crippen molar-refractivity contribution in [3.8, 4) is 0 Å². The van der Waals surface area contributed by atoms with Crippen molar-refractivity contribution in [3.05, 3.63) is 0 Å². The Balaban J connectivity index is 1.67. The van der Waals surface area contributed by atoms with Crippen molar-refractivity contribution < 1.29 is 4.74 Å². The van der Waals surface area contributed by atoms with E-state index in [0.29, 0.717) is 12.1 Å². The number of rotatable bonds is 2. The average Bonchev–Trinajstić information content (AvgIpc) is 1.99. The molecule has 3 heteroatoms. The van der Waals surface area contributed by atoms with E-state index in [1.165, 1.54) is 19.4 Å². The largest absolute Gasteiger partial charge is 0.378 e. The molecular formula is C8H16N2O. The lowest BCUT2D eigenvalue weighted by atomic mass is 10.1. The third-order valence-electron chi connectivity index (χ3n) is 2.41. The average molecular weight is 156 g/mol. The number of piperidine rings is 1. The first-order valence-electron chi connectivity index (χ1n) is 4.49. The third kappa shape index (κ3) is 1.92. The van der Waals surface area contributed by atoms with Crippen LogP contribution in [0.2, 0.25) is 0 Å². The molecule has 11 heavy (non-hydrogen) atoms. The number of hydrogen-bond donors (Lipinski definition) is 2. The summed E-state index contributed by atoms with van der Waals surface area (Å²) in [6, 6.07) is 1.33. The highest BCUT2D eigenvalue weighted by Gasteiger charge is 2.22. The fourth-order valence-electron chi connectivity index (χ4n) is 1.66. The molecule has 1 unspecified atom stereocenters. The van der Waals surface area contributed by atoms with Crippen molar-refractivity contribution in [1.29, 1.82) is 0 Å². The summed E-state index contributed by atoms with van der Waals surface area (Å²) in [5.74, 6) is 0. The predicted molar refractivity (Wildman–Crippen MR) is 43.6 cm³/mol. The Bertz CT molecular complexity index is 119. The first-order valence-corrected chi connectivity index (χ1v) is 4.49. The molecule has 3 nitrogen and oxygen atoms in total. The van der Waals surface area contributed by atoms with Crippen LogP contribution in [-0.2, 0) is 4.74 Å². The van der Waals surface area contributed by atoms with Gasteiger partial charge in [0.25, 0.3) is 0 Å². The van der Waals surface area contributed by atoms with Crippen LogP contribution in [0.25, 0.3) is 0 Å². The van der Waals surface area contributed by atoms with Crippen LogP contribution in [0.1, 0.15) is 12.8 Å². The summed E-state index contributed by atoms with van der Waals surface area (Å²) in [6.45, 7) is 4.16. The molecular weight excluding hydrogens is 140 g/mol. The molecule has 0 aromatic heterocycles. The molecule has 2 N–H and O–H groups in total. The maximum absolute atomic E-state index is 5.09. The van der Waals surface area contributed by atoms with E-state index in [1.54, 1.807) is 0 Å². The van der Waals surface area contributed by atoms with Gasteiger partial charge >= 0.3 is 0 Å². The highest BCUT2D eigenvalue weighted by atomic mass is 16.5. The summed E-state index contributed by atoms with van der Waals surface area (Å²) < 4.78 is 5.09. The van der Waals surface area contributed by atoms with E-state index in [0.717, 1.165) is 19.8 Å². The third-order valence-corrected chi connectivity index (χ3v) is 2.41. The summed E-state index contributed by atoms with van der Waals surface area (Å²) in [5.41, 5.74) is 0. The quantitative estimate of drug-likeness (QED) is 0.577. The van der Waals surface area contributed by atoms with Crippen molar-refractivity contribution in [2.24, 2.45) is 0 Å². The van der Waals surface area contributed by atoms with E-state index in [9.17, 15) is 0 Å². The van der Waals surface area contributed by atoms with Gasteiger partial charge in [-0.3, -0.25) is 0 Å². The first-order chi connectivity index (χ1) is 5.45. The monoisotopic (exact) mass is 156 g/mol. The van der Waals surface area contributed by atoms with Gasteiger partial charge in [0.05, 0.1) is 19.3 Å². The van der Waals surface area contributed by atoms with Crippen LogP contribution < -0.4 is 10.6 Å². The van der Waals surface area contributed by atoms with Crippen molar-refractivity contribution in [3.63, 3.8) is 0 Å². The summed E-state index contributed by atoms with van der Waals surface area (Å²) in [7, 11) is 0. The van der Waals surface area contributed by atoms with Gasteiger partial charge in [-0.1, -0.05) is 0 Å². The fourth-order valence-corrected chi connectivity index (χ4v) is 1.66. The van der Waals surface area contributed by atoms with Crippen molar-refractivity contribution >= 4 is 0 Å². The molecule has 0 bridgehead atoms. The normalized spacial score (nSPS) is 33.3. The molecule has 1 atom stereocenters. The molecule has 64 valence electrons. The van der Waals surface area contributed by atoms with E-state index in [4.69, 9.17) is 4.74 Å². The first kappa shape index (κ1) is 7.53. The van der Waals surface area contributed by atoms with E-state index in [-0.39, 0.29) is 0 Å². The Morgan fingerprint density at radius 3 is 2.73 bits per heavy atom. The molecule has 0 aliphatic carbocycles. The maximum atomic E-state index is 5.09. The zero-order valence-corrected chi connectivity index (χ0v) is 6.81.